The molecule has 0 heterocycles. The van der Waals surface area contributed by atoms with Crippen molar-refractivity contribution in [2.75, 3.05) is 13.2 Å². The van der Waals surface area contributed by atoms with E-state index in [1.54, 1.807) is 12.1 Å². The normalized spacial score (nSPS) is 18.4. The molecule has 12 heteroatoms. The maximum atomic E-state index is 14.7. The van der Waals surface area contributed by atoms with E-state index in [2.05, 4.69) is 4.72 Å². The minimum absolute atomic E-state index is 0.00221. The number of unbranched alkanes of at least 4 members (excludes halogenated alkanes) is 2. The van der Waals surface area contributed by atoms with Crippen LogP contribution in [0.1, 0.15) is 55.5 Å². The molecule has 1 aliphatic carbocycles. The van der Waals surface area contributed by atoms with E-state index in [1.165, 1.54) is 36.4 Å². The first-order valence-corrected chi connectivity index (χ1v) is 15.6. The van der Waals surface area contributed by atoms with Crippen LogP contribution in [0.4, 0.5) is 0 Å². The quantitative estimate of drug-likeness (QED) is 0.206. The second-order valence-electron chi connectivity index (χ2n) is 8.14. The zero-order valence-electron chi connectivity index (χ0n) is 19.8. The summed E-state index contributed by atoms with van der Waals surface area (Å²) in [6.07, 6.45) is 2.49. The highest BCUT2D eigenvalue weighted by atomic mass is 35.5. The Labute approximate surface area is 226 Å². The van der Waals surface area contributed by atoms with Crippen molar-refractivity contribution in [3.05, 3.63) is 74.7 Å². The minimum atomic E-state index is -4.51. The second-order valence-corrected chi connectivity index (χ2v) is 13.2. The topological polar surface area (TPSA) is 98.8 Å². The lowest BCUT2D eigenvalue weighted by atomic mass is 9.91. The number of Topliss-reactive ketones (excluding diaryl/α,β-unsaturated/α-hetero) is 1. The highest BCUT2D eigenvalue weighted by molar-refractivity contribution is 7.90. The fourth-order valence-corrected chi connectivity index (χ4v) is 8.77. The van der Waals surface area contributed by atoms with E-state index in [4.69, 9.17) is 43.9 Å². The number of hydrogen-bond donors (Lipinski definition) is 1. The lowest BCUT2D eigenvalue weighted by molar-refractivity contribution is 0.103. The van der Waals surface area contributed by atoms with Crippen LogP contribution >= 0.6 is 42.4 Å². The van der Waals surface area contributed by atoms with Gasteiger partial charge >= 0.3 is 7.60 Å². The summed E-state index contributed by atoms with van der Waals surface area (Å²) in [5.74, 6) is -0.632. The van der Waals surface area contributed by atoms with Crippen molar-refractivity contribution in [2.24, 2.45) is 0 Å². The van der Waals surface area contributed by atoms with Gasteiger partial charge in [0.05, 0.1) is 23.1 Å². The number of sulfonamides is 1. The Hall–Kier alpha value is -1.22. The van der Waals surface area contributed by atoms with Gasteiger partial charge in [0.2, 0.25) is 15.8 Å². The van der Waals surface area contributed by atoms with Crippen LogP contribution in [0.25, 0.3) is 0 Å². The Bertz CT molecular complexity index is 1290. The summed E-state index contributed by atoms with van der Waals surface area (Å²) in [7, 11) is -8.93. The number of allylic oxidation sites excluding steroid dienone is 1. The summed E-state index contributed by atoms with van der Waals surface area (Å²) >= 11 is 19.0. The van der Waals surface area contributed by atoms with Crippen LogP contribution in [-0.2, 0) is 28.9 Å². The summed E-state index contributed by atoms with van der Waals surface area (Å²) in [5, 5.41) is -2.94. The van der Waals surface area contributed by atoms with Crippen LogP contribution in [0.3, 0.4) is 0 Å². The molecule has 0 saturated heterocycles. The first-order chi connectivity index (χ1) is 17.0. The summed E-state index contributed by atoms with van der Waals surface area (Å²) in [6.45, 7) is 3.84. The zero-order valence-corrected chi connectivity index (χ0v) is 23.8. The van der Waals surface area contributed by atoms with Crippen LogP contribution in [0, 0.1) is 0 Å². The molecule has 1 aliphatic rings. The molecule has 0 saturated carbocycles. The second kappa shape index (κ2) is 12.1. The average molecular weight is 595 g/mol. The van der Waals surface area contributed by atoms with E-state index in [-0.39, 0.29) is 29.2 Å². The zero-order chi connectivity index (χ0) is 26.6. The van der Waals surface area contributed by atoms with Crippen molar-refractivity contribution < 1.29 is 26.8 Å². The average Bonchev–Trinajstić information content (AvgIpc) is 2.86. The standard InChI is InChI=1S/C24H27Cl3NO6PS/c1-3-5-15-33-35(30,34-16-6-4-2)24(28-36(31,32)18-13-11-17(25)12-14-18)20-10-8-7-9-19(20)22(29)21(26)23(24)27/h7-14,28H,3-6,15-16H2,1-2H3. The number of fused-ring (bicyclic) bond motifs is 1. The van der Waals surface area contributed by atoms with E-state index in [0.29, 0.717) is 17.9 Å². The van der Waals surface area contributed by atoms with Crippen LogP contribution in [-0.4, -0.2) is 27.4 Å². The fraction of sp³-hybridized carbons (Fsp3) is 0.375. The molecule has 0 fully saturated rings. The summed E-state index contributed by atoms with van der Waals surface area (Å²) in [4.78, 5) is 12.8. The van der Waals surface area contributed by atoms with Gasteiger partial charge in [-0.15, -0.1) is 0 Å². The Kier molecular flexibility index (Phi) is 9.86. The summed E-state index contributed by atoms with van der Waals surface area (Å²) < 4.78 is 56.3. The van der Waals surface area contributed by atoms with E-state index < -0.39 is 38.7 Å². The number of rotatable bonds is 12. The van der Waals surface area contributed by atoms with Crippen LogP contribution in [0.5, 0.6) is 0 Å². The summed E-state index contributed by atoms with van der Waals surface area (Å²) in [6, 6.07) is 11.5. The number of carbonyl (C=O) groups excluding carboxylic acids is 1. The van der Waals surface area contributed by atoms with Crippen molar-refractivity contribution >= 4 is 58.2 Å². The predicted octanol–water partition coefficient (Wildman–Crippen LogP) is 7.18. The largest absolute Gasteiger partial charge is 0.361 e. The van der Waals surface area contributed by atoms with Crippen LogP contribution in [0.15, 0.2) is 63.5 Å². The molecule has 36 heavy (non-hydrogen) atoms. The molecule has 196 valence electrons. The van der Waals surface area contributed by atoms with Gasteiger partial charge < -0.3 is 9.05 Å². The van der Waals surface area contributed by atoms with Gasteiger partial charge in [-0.1, -0.05) is 85.8 Å². The number of nitrogens with one attached hydrogen (secondary N) is 1. The number of carbonyl (C=O) groups is 1. The molecule has 2 aromatic rings. The van der Waals surface area contributed by atoms with Gasteiger partial charge in [-0.25, -0.2) is 8.42 Å². The Morgan fingerprint density at radius 3 is 2.03 bits per heavy atom. The van der Waals surface area contributed by atoms with E-state index in [1.807, 2.05) is 13.8 Å². The molecular formula is C24H27Cl3NO6PS. The van der Waals surface area contributed by atoms with Crippen molar-refractivity contribution in [1.82, 2.24) is 4.72 Å². The van der Waals surface area contributed by atoms with Gasteiger partial charge in [0.1, 0.15) is 5.03 Å². The van der Waals surface area contributed by atoms with E-state index in [0.717, 1.165) is 12.8 Å². The first-order valence-electron chi connectivity index (χ1n) is 11.4. The van der Waals surface area contributed by atoms with E-state index in [9.17, 15) is 17.8 Å². The number of halogens is 3. The molecule has 0 radical (unpaired) electrons. The molecule has 0 bridgehead atoms. The van der Waals surface area contributed by atoms with Crippen molar-refractivity contribution in [3.8, 4) is 0 Å². The third-order valence-electron chi connectivity index (χ3n) is 5.61. The van der Waals surface area contributed by atoms with Crippen LogP contribution in [0.2, 0.25) is 5.02 Å². The van der Waals surface area contributed by atoms with Gasteiger partial charge in [0.15, 0.2) is 5.28 Å². The molecule has 0 amide bonds. The SMILES string of the molecule is CCCCOP(=O)(OCCCC)C1(NS(=O)(=O)c2ccc(Cl)cc2)C(Cl)=C(Cl)C(=O)c2ccccc21. The maximum absolute atomic E-state index is 14.7. The minimum Gasteiger partial charge on any atom is -0.307 e. The van der Waals surface area contributed by atoms with Gasteiger partial charge in [0.25, 0.3) is 0 Å². The molecule has 0 spiro atoms. The van der Waals surface area contributed by atoms with Crippen molar-refractivity contribution in [1.29, 1.82) is 0 Å². The lowest BCUT2D eigenvalue weighted by Crippen LogP contribution is -2.49. The third kappa shape index (κ3) is 5.62. The van der Waals surface area contributed by atoms with E-state index >= 15 is 0 Å². The smallest absolute Gasteiger partial charge is 0.307 e. The van der Waals surface area contributed by atoms with Crippen molar-refractivity contribution in [2.45, 2.75) is 49.7 Å². The molecular weight excluding hydrogens is 568 g/mol. The van der Waals surface area contributed by atoms with Crippen molar-refractivity contribution in [3.63, 3.8) is 0 Å². The Morgan fingerprint density at radius 1 is 0.917 bits per heavy atom. The number of hydrogen-bond acceptors (Lipinski definition) is 6. The predicted molar refractivity (Wildman–Crippen MR) is 142 cm³/mol. The van der Waals surface area contributed by atoms with Gasteiger partial charge in [-0.2, -0.15) is 4.72 Å². The molecule has 1 N–H and O–H groups in total. The molecule has 3 rings (SSSR count). The molecule has 1 unspecified atom stereocenters. The Balaban J connectivity index is 2.33. The van der Waals surface area contributed by atoms with Gasteiger partial charge in [-0.05, 0) is 37.1 Å². The monoisotopic (exact) mass is 593 g/mol. The fourth-order valence-electron chi connectivity index (χ4n) is 3.67. The third-order valence-corrected chi connectivity index (χ3v) is 11.0. The van der Waals surface area contributed by atoms with Gasteiger partial charge in [0, 0.05) is 16.1 Å². The molecule has 1 atom stereocenters. The maximum Gasteiger partial charge on any atom is 0.361 e. The first kappa shape index (κ1) is 29.3. The highest BCUT2D eigenvalue weighted by Crippen LogP contribution is 2.70. The molecule has 0 aliphatic heterocycles. The molecule has 0 aromatic heterocycles. The van der Waals surface area contributed by atoms with Crippen LogP contribution < -0.4 is 4.72 Å². The molecule has 7 nitrogen and oxygen atoms in total. The number of benzene rings is 2. The van der Waals surface area contributed by atoms with Gasteiger partial charge in [-0.3, -0.25) is 9.36 Å². The highest BCUT2D eigenvalue weighted by Gasteiger charge is 2.61. The summed E-state index contributed by atoms with van der Waals surface area (Å²) in [5.41, 5.74) is 0.0578. The lowest BCUT2D eigenvalue weighted by Gasteiger charge is -2.42. The Morgan fingerprint density at radius 2 is 1.47 bits per heavy atom. The number of ketones is 1. The molecule has 2 aromatic carbocycles.